The molecule has 1 amide bonds. The van der Waals surface area contributed by atoms with Crippen molar-refractivity contribution in [2.45, 2.75) is 37.3 Å². The normalized spacial score (nSPS) is 11.0. The highest BCUT2D eigenvalue weighted by molar-refractivity contribution is 8.01. The van der Waals surface area contributed by atoms with E-state index < -0.39 is 11.7 Å². The lowest BCUT2D eigenvalue weighted by atomic mass is 10.2. The number of nitrogens with zero attached hydrogens (tertiary/aromatic N) is 1. The van der Waals surface area contributed by atoms with Crippen LogP contribution in [0.5, 0.6) is 0 Å². The van der Waals surface area contributed by atoms with Crippen LogP contribution in [0.15, 0.2) is 10.5 Å². The topological polar surface area (TPSA) is 77.5 Å². The zero-order valence-corrected chi connectivity index (χ0v) is 13.5. The second-order valence-electron chi connectivity index (χ2n) is 4.81. The van der Waals surface area contributed by atoms with Gasteiger partial charge < -0.3 is 14.8 Å². The summed E-state index contributed by atoms with van der Waals surface area (Å²) < 4.78 is 10.4. The molecule has 0 bridgehead atoms. The molecule has 6 nitrogen and oxygen atoms in total. The molecule has 8 heteroatoms. The molecule has 0 spiro atoms. The summed E-state index contributed by atoms with van der Waals surface area (Å²) in [6, 6.07) is 0. The molecule has 112 valence electrons. The lowest BCUT2D eigenvalue weighted by molar-refractivity contribution is -0.137. The number of amides is 1. The highest BCUT2D eigenvalue weighted by Crippen LogP contribution is 2.24. The van der Waals surface area contributed by atoms with E-state index >= 15 is 0 Å². The van der Waals surface area contributed by atoms with Gasteiger partial charge in [-0.2, -0.15) is 0 Å². The van der Waals surface area contributed by atoms with Crippen molar-refractivity contribution < 1.29 is 19.1 Å². The van der Waals surface area contributed by atoms with E-state index in [9.17, 15) is 9.59 Å². The SMILES string of the molecule is COC(=O)CSc1ncc(CNC(=O)OC(C)(C)C)s1. The van der Waals surface area contributed by atoms with Gasteiger partial charge in [-0.05, 0) is 20.8 Å². The molecule has 0 aromatic carbocycles. The van der Waals surface area contributed by atoms with Crippen LogP contribution in [0.1, 0.15) is 25.6 Å². The average Bonchev–Trinajstić information content (AvgIpc) is 2.79. The minimum Gasteiger partial charge on any atom is -0.468 e. The van der Waals surface area contributed by atoms with Crippen molar-refractivity contribution >= 4 is 35.2 Å². The van der Waals surface area contributed by atoms with E-state index in [1.165, 1.54) is 30.2 Å². The smallest absolute Gasteiger partial charge is 0.407 e. The van der Waals surface area contributed by atoms with E-state index in [-0.39, 0.29) is 11.7 Å². The predicted octanol–water partition coefficient (Wildman–Crippen LogP) is 2.43. The zero-order chi connectivity index (χ0) is 15.2. The van der Waals surface area contributed by atoms with Crippen LogP contribution in [0.2, 0.25) is 0 Å². The van der Waals surface area contributed by atoms with E-state index in [0.717, 1.165) is 9.22 Å². The quantitative estimate of drug-likeness (QED) is 0.663. The number of hydrogen-bond donors (Lipinski definition) is 1. The lowest BCUT2D eigenvalue weighted by Gasteiger charge is -2.19. The molecule has 0 aliphatic carbocycles. The van der Waals surface area contributed by atoms with Crippen molar-refractivity contribution in [1.82, 2.24) is 10.3 Å². The number of thioether (sulfide) groups is 1. The van der Waals surface area contributed by atoms with Gasteiger partial charge in [0.15, 0.2) is 4.34 Å². The second-order valence-corrected chi connectivity index (χ2v) is 7.15. The lowest BCUT2D eigenvalue weighted by Crippen LogP contribution is -2.31. The number of nitrogens with one attached hydrogen (secondary N) is 1. The monoisotopic (exact) mass is 318 g/mol. The number of carbonyl (C=O) groups excluding carboxylic acids is 2. The number of thiazole rings is 1. The van der Waals surface area contributed by atoms with Crippen molar-refractivity contribution in [3.8, 4) is 0 Å². The summed E-state index contributed by atoms with van der Waals surface area (Å²) in [6.07, 6.45) is 1.21. The van der Waals surface area contributed by atoms with Crippen LogP contribution in [-0.2, 0) is 20.8 Å². The van der Waals surface area contributed by atoms with Crippen molar-refractivity contribution in [2.75, 3.05) is 12.9 Å². The largest absolute Gasteiger partial charge is 0.468 e. The van der Waals surface area contributed by atoms with E-state index in [0.29, 0.717) is 6.54 Å². The fourth-order valence-corrected chi connectivity index (χ4v) is 2.89. The van der Waals surface area contributed by atoms with Gasteiger partial charge in [0.25, 0.3) is 0 Å². The number of ether oxygens (including phenoxy) is 2. The Balaban J connectivity index is 2.37. The third kappa shape index (κ3) is 6.76. The van der Waals surface area contributed by atoms with Gasteiger partial charge in [-0.25, -0.2) is 9.78 Å². The number of carbonyl (C=O) groups is 2. The summed E-state index contributed by atoms with van der Waals surface area (Å²) >= 11 is 2.73. The zero-order valence-electron chi connectivity index (χ0n) is 11.9. The molecule has 0 radical (unpaired) electrons. The Bertz CT molecular complexity index is 468. The summed E-state index contributed by atoms with van der Waals surface area (Å²) in [5.74, 6) is -0.0678. The molecular formula is C12H18N2O4S2. The van der Waals surface area contributed by atoms with Crippen LogP contribution in [-0.4, -0.2) is 35.5 Å². The average molecular weight is 318 g/mol. The molecule has 0 saturated carbocycles. The molecule has 0 saturated heterocycles. The van der Waals surface area contributed by atoms with Gasteiger partial charge >= 0.3 is 12.1 Å². The standard InChI is InChI=1S/C12H18N2O4S2/c1-12(2,3)18-10(16)13-5-8-6-14-11(20-8)19-7-9(15)17-4/h6H,5,7H2,1-4H3,(H,13,16). The first kappa shape index (κ1) is 16.8. The van der Waals surface area contributed by atoms with Crippen molar-refractivity contribution in [3.63, 3.8) is 0 Å². The first-order valence-corrected chi connectivity index (χ1v) is 7.71. The van der Waals surface area contributed by atoms with Crippen LogP contribution in [0.4, 0.5) is 4.79 Å². The van der Waals surface area contributed by atoms with Crippen molar-refractivity contribution in [3.05, 3.63) is 11.1 Å². The Morgan fingerprint density at radius 2 is 2.15 bits per heavy atom. The summed E-state index contributed by atoms with van der Waals surface area (Å²) in [7, 11) is 1.35. The van der Waals surface area contributed by atoms with Gasteiger partial charge in [-0.15, -0.1) is 11.3 Å². The molecule has 0 unspecified atom stereocenters. The van der Waals surface area contributed by atoms with Crippen LogP contribution in [0, 0.1) is 0 Å². The number of rotatable bonds is 5. The number of methoxy groups -OCH3 is 1. The van der Waals surface area contributed by atoms with Crippen molar-refractivity contribution in [1.29, 1.82) is 0 Å². The summed E-state index contributed by atoms with van der Waals surface area (Å²) in [5.41, 5.74) is -0.515. The van der Waals surface area contributed by atoms with Gasteiger partial charge in [0.1, 0.15) is 5.60 Å². The van der Waals surface area contributed by atoms with Gasteiger partial charge in [0.2, 0.25) is 0 Å². The first-order valence-electron chi connectivity index (χ1n) is 5.91. The second kappa shape index (κ2) is 7.49. The van der Waals surface area contributed by atoms with Crippen LogP contribution >= 0.6 is 23.1 Å². The molecule has 1 N–H and O–H groups in total. The molecule has 20 heavy (non-hydrogen) atoms. The number of hydrogen-bond acceptors (Lipinski definition) is 7. The molecule has 1 aromatic heterocycles. The Morgan fingerprint density at radius 3 is 2.75 bits per heavy atom. The maximum atomic E-state index is 11.5. The van der Waals surface area contributed by atoms with E-state index in [2.05, 4.69) is 15.0 Å². The Morgan fingerprint density at radius 1 is 1.45 bits per heavy atom. The highest BCUT2D eigenvalue weighted by Gasteiger charge is 2.16. The first-order chi connectivity index (χ1) is 9.30. The third-order valence-corrected chi connectivity index (χ3v) is 4.01. The third-order valence-electron chi connectivity index (χ3n) is 1.88. The molecule has 1 aromatic rings. The van der Waals surface area contributed by atoms with E-state index in [4.69, 9.17) is 4.74 Å². The molecule has 1 heterocycles. The minimum absolute atomic E-state index is 0.225. The number of aromatic nitrogens is 1. The molecule has 0 aliphatic heterocycles. The Labute approximate surface area is 126 Å². The fourth-order valence-electron chi connectivity index (χ4n) is 1.09. The highest BCUT2D eigenvalue weighted by atomic mass is 32.2. The predicted molar refractivity (Wildman–Crippen MR) is 77.9 cm³/mol. The number of esters is 1. The Hall–Kier alpha value is -1.28. The molecule has 0 atom stereocenters. The maximum absolute atomic E-state index is 11.5. The fraction of sp³-hybridized carbons (Fsp3) is 0.583. The minimum atomic E-state index is -0.515. The van der Waals surface area contributed by atoms with Gasteiger partial charge in [0, 0.05) is 11.1 Å². The Kier molecular flexibility index (Phi) is 6.28. The summed E-state index contributed by atoms with van der Waals surface area (Å²) in [6.45, 7) is 5.77. The number of alkyl carbamates (subject to hydrolysis) is 1. The van der Waals surface area contributed by atoms with E-state index in [1.807, 2.05) is 0 Å². The molecule has 1 rings (SSSR count). The van der Waals surface area contributed by atoms with Gasteiger partial charge in [-0.3, -0.25) is 4.79 Å². The summed E-state index contributed by atoms with van der Waals surface area (Å²) in [4.78, 5) is 27.5. The molecule has 0 fully saturated rings. The summed E-state index contributed by atoms with van der Waals surface area (Å²) in [5, 5.41) is 2.65. The molecule has 0 aliphatic rings. The van der Waals surface area contributed by atoms with Gasteiger partial charge in [-0.1, -0.05) is 11.8 Å². The maximum Gasteiger partial charge on any atom is 0.407 e. The van der Waals surface area contributed by atoms with Crippen LogP contribution < -0.4 is 5.32 Å². The van der Waals surface area contributed by atoms with Gasteiger partial charge in [0.05, 0.1) is 19.4 Å². The molecular weight excluding hydrogens is 300 g/mol. The van der Waals surface area contributed by atoms with Crippen LogP contribution in [0.25, 0.3) is 0 Å². The van der Waals surface area contributed by atoms with Crippen molar-refractivity contribution in [2.24, 2.45) is 0 Å². The van der Waals surface area contributed by atoms with Crippen LogP contribution in [0.3, 0.4) is 0 Å². The van der Waals surface area contributed by atoms with E-state index in [1.54, 1.807) is 27.0 Å².